The normalized spacial score (nSPS) is 10.3. The maximum atomic E-state index is 9.04. The second-order valence-electron chi connectivity index (χ2n) is 4.80. The van der Waals surface area contributed by atoms with Crippen LogP contribution in [0.1, 0.15) is 5.69 Å². The van der Waals surface area contributed by atoms with Crippen molar-refractivity contribution in [3.63, 3.8) is 0 Å². The zero-order valence-corrected chi connectivity index (χ0v) is 12.6. The summed E-state index contributed by atoms with van der Waals surface area (Å²) in [6.07, 6.45) is 3.23. The van der Waals surface area contributed by atoms with Gasteiger partial charge in [-0.3, -0.25) is 4.98 Å². The minimum atomic E-state index is -0.101. The SMILES string of the molecule is COc1ccccc1-c1cccnc1Oc1ccc(CO)nc1. The van der Waals surface area contributed by atoms with Gasteiger partial charge < -0.3 is 14.6 Å². The molecule has 0 amide bonds. The van der Waals surface area contributed by atoms with E-state index in [-0.39, 0.29) is 6.61 Å². The molecule has 0 atom stereocenters. The van der Waals surface area contributed by atoms with Gasteiger partial charge in [0.05, 0.1) is 25.6 Å². The molecule has 0 bridgehead atoms. The van der Waals surface area contributed by atoms with Gasteiger partial charge in [-0.05, 0) is 30.3 Å². The number of aromatic nitrogens is 2. The molecule has 1 aromatic carbocycles. The fourth-order valence-corrected chi connectivity index (χ4v) is 2.22. The molecule has 0 saturated heterocycles. The number of hydrogen-bond acceptors (Lipinski definition) is 5. The van der Waals surface area contributed by atoms with Crippen LogP contribution in [0, 0.1) is 0 Å². The number of benzene rings is 1. The fraction of sp³-hybridized carbons (Fsp3) is 0.111. The predicted molar refractivity (Wildman–Crippen MR) is 86.5 cm³/mol. The van der Waals surface area contributed by atoms with Crippen LogP contribution in [0.4, 0.5) is 0 Å². The molecule has 5 heteroatoms. The minimum Gasteiger partial charge on any atom is -0.496 e. The zero-order chi connectivity index (χ0) is 16.1. The lowest BCUT2D eigenvalue weighted by atomic mass is 10.1. The number of para-hydroxylation sites is 1. The summed E-state index contributed by atoms with van der Waals surface area (Å²) < 4.78 is 11.3. The van der Waals surface area contributed by atoms with Gasteiger partial charge in [-0.2, -0.15) is 0 Å². The second-order valence-corrected chi connectivity index (χ2v) is 4.80. The number of pyridine rings is 2. The molecule has 2 aromatic heterocycles. The van der Waals surface area contributed by atoms with Crippen LogP contribution in [0.5, 0.6) is 17.4 Å². The average molecular weight is 308 g/mol. The molecule has 0 radical (unpaired) electrons. The van der Waals surface area contributed by atoms with Crippen LogP contribution in [0.3, 0.4) is 0 Å². The summed E-state index contributed by atoms with van der Waals surface area (Å²) in [6, 6.07) is 14.9. The number of aliphatic hydroxyl groups excluding tert-OH is 1. The molecule has 3 rings (SSSR count). The number of aliphatic hydroxyl groups is 1. The summed E-state index contributed by atoms with van der Waals surface area (Å²) in [5.41, 5.74) is 2.32. The third-order valence-electron chi connectivity index (χ3n) is 3.34. The Morgan fingerprint density at radius 3 is 2.52 bits per heavy atom. The summed E-state index contributed by atoms with van der Waals surface area (Å²) in [5.74, 6) is 1.77. The van der Waals surface area contributed by atoms with Crippen LogP contribution in [-0.2, 0) is 6.61 Å². The molecule has 2 heterocycles. The van der Waals surface area contributed by atoms with Gasteiger partial charge in [0.1, 0.15) is 11.5 Å². The van der Waals surface area contributed by atoms with Crippen LogP contribution in [-0.4, -0.2) is 22.2 Å². The van der Waals surface area contributed by atoms with E-state index >= 15 is 0 Å². The first-order valence-corrected chi connectivity index (χ1v) is 7.14. The molecular formula is C18H16N2O3. The van der Waals surface area contributed by atoms with Crippen LogP contribution < -0.4 is 9.47 Å². The molecular weight excluding hydrogens is 292 g/mol. The lowest BCUT2D eigenvalue weighted by Gasteiger charge is -2.12. The highest BCUT2D eigenvalue weighted by molar-refractivity contribution is 5.74. The van der Waals surface area contributed by atoms with E-state index in [2.05, 4.69) is 9.97 Å². The van der Waals surface area contributed by atoms with Crippen LogP contribution in [0.25, 0.3) is 11.1 Å². The van der Waals surface area contributed by atoms with Crippen molar-refractivity contribution >= 4 is 0 Å². The summed E-state index contributed by atoms with van der Waals surface area (Å²) in [6.45, 7) is -0.101. The van der Waals surface area contributed by atoms with Crippen molar-refractivity contribution in [2.45, 2.75) is 6.61 Å². The summed E-state index contributed by atoms with van der Waals surface area (Å²) in [5, 5.41) is 9.04. The summed E-state index contributed by atoms with van der Waals surface area (Å²) in [7, 11) is 1.63. The molecule has 5 nitrogen and oxygen atoms in total. The fourth-order valence-electron chi connectivity index (χ4n) is 2.22. The van der Waals surface area contributed by atoms with Crippen LogP contribution >= 0.6 is 0 Å². The Hall–Kier alpha value is -2.92. The van der Waals surface area contributed by atoms with E-state index in [0.717, 1.165) is 16.9 Å². The van der Waals surface area contributed by atoms with Crippen LogP contribution in [0.2, 0.25) is 0 Å². The lowest BCUT2D eigenvalue weighted by Crippen LogP contribution is -1.95. The zero-order valence-electron chi connectivity index (χ0n) is 12.6. The van der Waals surface area contributed by atoms with Gasteiger partial charge in [-0.1, -0.05) is 18.2 Å². The first-order valence-electron chi connectivity index (χ1n) is 7.14. The maximum Gasteiger partial charge on any atom is 0.227 e. The maximum absolute atomic E-state index is 9.04. The Morgan fingerprint density at radius 1 is 0.957 bits per heavy atom. The number of ether oxygens (including phenoxy) is 2. The molecule has 0 aliphatic heterocycles. The van der Waals surface area contributed by atoms with Crippen molar-refractivity contribution in [2.24, 2.45) is 0 Å². The van der Waals surface area contributed by atoms with Crippen LogP contribution in [0.15, 0.2) is 60.9 Å². The van der Waals surface area contributed by atoms with Gasteiger partial charge >= 0.3 is 0 Å². The molecule has 0 saturated carbocycles. The molecule has 0 unspecified atom stereocenters. The van der Waals surface area contributed by atoms with E-state index in [1.165, 1.54) is 0 Å². The van der Waals surface area contributed by atoms with Crippen molar-refractivity contribution < 1.29 is 14.6 Å². The van der Waals surface area contributed by atoms with E-state index < -0.39 is 0 Å². The predicted octanol–water partition coefficient (Wildman–Crippen LogP) is 3.44. The Labute approximate surface area is 134 Å². The Balaban J connectivity index is 1.97. The van der Waals surface area contributed by atoms with Crippen molar-refractivity contribution in [1.29, 1.82) is 0 Å². The van der Waals surface area contributed by atoms with Crippen molar-refractivity contribution in [3.8, 4) is 28.5 Å². The van der Waals surface area contributed by atoms with E-state index in [1.54, 1.807) is 31.6 Å². The quantitative estimate of drug-likeness (QED) is 0.782. The van der Waals surface area contributed by atoms with Gasteiger partial charge in [0.25, 0.3) is 0 Å². The van der Waals surface area contributed by atoms with Gasteiger partial charge in [-0.15, -0.1) is 0 Å². The molecule has 23 heavy (non-hydrogen) atoms. The molecule has 1 N–H and O–H groups in total. The highest BCUT2D eigenvalue weighted by Gasteiger charge is 2.12. The molecule has 0 spiro atoms. The van der Waals surface area contributed by atoms with Crippen molar-refractivity contribution in [2.75, 3.05) is 7.11 Å². The number of methoxy groups -OCH3 is 1. The molecule has 116 valence electrons. The minimum absolute atomic E-state index is 0.101. The Morgan fingerprint density at radius 2 is 1.78 bits per heavy atom. The number of nitrogens with zero attached hydrogens (tertiary/aromatic N) is 2. The summed E-state index contributed by atoms with van der Waals surface area (Å²) in [4.78, 5) is 8.42. The van der Waals surface area contributed by atoms with E-state index in [1.807, 2.05) is 36.4 Å². The highest BCUT2D eigenvalue weighted by atomic mass is 16.5. The van der Waals surface area contributed by atoms with E-state index in [0.29, 0.717) is 17.3 Å². The van der Waals surface area contributed by atoms with E-state index in [4.69, 9.17) is 14.6 Å². The topological polar surface area (TPSA) is 64.5 Å². The highest BCUT2D eigenvalue weighted by Crippen LogP contribution is 2.36. The monoisotopic (exact) mass is 308 g/mol. The van der Waals surface area contributed by atoms with E-state index in [9.17, 15) is 0 Å². The molecule has 0 aliphatic carbocycles. The third kappa shape index (κ3) is 3.30. The first kappa shape index (κ1) is 15.0. The Kier molecular flexibility index (Phi) is 4.49. The number of rotatable bonds is 5. The number of hydrogen-bond donors (Lipinski definition) is 1. The van der Waals surface area contributed by atoms with Gasteiger partial charge in [0.15, 0.2) is 0 Å². The lowest BCUT2D eigenvalue weighted by molar-refractivity contribution is 0.276. The first-order chi connectivity index (χ1) is 11.3. The van der Waals surface area contributed by atoms with Gasteiger partial charge in [0.2, 0.25) is 5.88 Å². The molecule has 0 fully saturated rings. The largest absolute Gasteiger partial charge is 0.496 e. The standard InChI is InChI=1S/C18H16N2O3/c1-22-17-7-3-2-5-15(17)16-6-4-10-19-18(16)23-14-9-8-13(12-21)20-11-14/h2-11,21H,12H2,1H3. The average Bonchev–Trinajstić information content (AvgIpc) is 2.63. The van der Waals surface area contributed by atoms with Gasteiger partial charge in [-0.25, -0.2) is 4.98 Å². The summed E-state index contributed by atoms with van der Waals surface area (Å²) >= 11 is 0. The molecule has 3 aromatic rings. The smallest absolute Gasteiger partial charge is 0.227 e. The second kappa shape index (κ2) is 6.89. The Bertz CT molecular complexity index is 788. The third-order valence-corrected chi connectivity index (χ3v) is 3.34. The van der Waals surface area contributed by atoms with Crippen molar-refractivity contribution in [3.05, 3.63) is 66.6 Å². The van der Waals surface area contributed by atoms with Crippen molar-refractivity contribution in [1.82, 2.24) is 9.97 Å². The molecule has 0 aliphatic rings. The van der Waals surface area contributed by atoms with Gasteiger partial charge in [0, 0.05) is 17.3 Å².